The quantitative estimate of drug-likeness (QED) is 0.539. The molecule has 0 saturated heterocycles. The molecule has 0 fully saturated rings. The first-order chi connectivity index (χ1) is 6.16. The summed E-state index contributed by atoms with van der Waals surface area (Å²) in [6.45, 7) is 0. The Labute approximate surface area is 74.0 Å². The highest BCUT2D eigenvalue weighted by Gasteiger charge is 2.11. The zero-order valence-corrected chi connectivity index (χ0v) is 6.66. The maximum Gasteiger partial charge on any atom is 0.488 e. The minimum absolute atomic E-state index is 0.353. The molecule has 0 atom stereocenters. The van der Waals surface area contributed by atoms with Gasteiger partial charge in [0.25, 0.3) is 0 Å². The summed E-state index contributed by atoms with van der Waals surface area (Å²) in [6, 6.07) is 5.97. The van der Waals surface area contributed by atoms with Crippen LogP contribution in [0.25, 0.3) is 10.9 Å². The largest absolute Gasteiger partial charge is 0.488 e. The Hall–Kier alpha value is -1.33. The van der Waals surface area contributed by atoms with Crippen molar-refractivity contribution < 1.29 is 14.4 Å². The van der Waals surface area contributed by atoms with Crippen LogP contribution in [-0.4, -0.2) is 22.2 Å². The summed E-state index contributed by atoms with van der Waals surface area (Å²) >= 11 is 0. The van der Waals surface area contributed by atoms with Gasteiger partial charge in [-0.25, -0.2) is 0 Å². The molecule has 2 aromatic rings. The number of rotatable bonds is 1. The molecule has 3 nitrogen and oxygen atoms in total. The summed E-state index contributed by atoms with van der Waals surface area (Å²) in [7, 11) is -1.51. The fraction of sp³-hybridized carbons (Fsp3) is 0. The van der Waals surface area contributed by atoms with Gasteiger partial charge in [0.05, 0.1) is 0 Å². The zero-order chi connectivity index (χ0) is 9.42. The second-order valence-corrected chi connectivity index (χ2v) is 2.84. The Morgan fingerprint density at radius 2 is 2.00 bits per heavy atom. The first-order valence-corrected chi connectivity index (χ1v) is 3.81. The van der Waals surface area contributed by atoms with Crippen molar-refractivity contribution in [2.24, 2.45) is 0 Å². The number of hydrogen-bond donors (Lipinski definition) is 3. The Bertz CT molecular complexity index is 441. The molecular weight excluding hydrogens is 172 g/mol. The van der Waals surface area contributed by atoms with Gasteiger partial charge in [-0.3, -0.25) is 0 Å². The van der Waals surface area contributed by atoms with Crippen LogP contribution in [0.3, 0.4) is 0 Å². The lowest BCUT2D eigenvalue weighted by atomic mass is 9.80. The third-order valence-electron chi connectivity index (χ3n) is 1.91. The van der Waals surface area contributed by atoms with E-state index in [1.807, 2.05) is 0 Å². The number of aromatic nitrogens is 1. The van der Waals surface area contributed by atoms with Gasteiger partial charge >= 0.3 is 7.12 Å². The van der Waals surface area contributed by atoms with Crippen molar-refractivity contribution in [2.45, 2.75) is 0 Å². The van der Waals surface area contributed by atoms with Gasteiger partial charge in [-0.1, -0.05) is 12.1 Å². The van der Waals surface area contributed by atoms with E-state index in [1.54, 1.807) is 6.07 Å². The summed E-state index contributed by atoms with van der Waals surface area (Å²) in [4.78, 5) is 2.49. The van der Waals surface area contributed by atoms with Gasteiger partial charge in [0.15, 0.2) is 5.95 Å². The second-order valence-electron chi connectivity index (χ2n) is 2.84. The summed E-state index contributed by atoms with van der Waals surface area (Å²) in [6.07, 6.45) is 0. The molecule has 0 spiro atoms. The molecule has 1 heterocycles. The van der Waals surface area contributed by atoms with Crippen LogP contribution in [0.5, 0.6) is 0 Å². The van der Waals surface area contributed by atoms with Crippen LogP contribution in [0.2, 0.25) is 0 Å². The van der Waals surface area contributed by atoms with Crippen LogP contribution in [0.15, 0.2) is 24.3 Å². The fourth-order valence-corrected chi connectivity index (χ4v) is 1.28. The maximum atomic E-state index is 12.7. The number of fused-ring (bicyclic) bond motifs is 1. The second kappa shape index (κ2) is 2.87. The maximum absolute atomic E-state index is 12.7. The van der Waals surface area contributed by atoms with Crippen molar-refractivity contribution in [3.05, 3.63) is 30.2 Å². The normalized spacial score (nSPS) is 10.7. The molecule has 13 heavy (non-hydrogen) atoms. The van der Waals surface area contributed by atoms with E-state index in [2.05, 4.69) is 4.98 Å². The summed E-state index contributed by atoms with van der Waals surface area (Å²) in [5.74, 6) is -0.431. The van der Waals surface area contributed by atoms with E-state index in [0.717, 1.165) is 0 Å². The van der Waals surface area contributed by atoms with Crippen molar-refractivity contribution in [2.75, 3.05) is 0 Å². The van der Waals surface area contributed by atoms with E-state index in [4.69, 9.17) is 10.0 Å². The highest BCUT2D eigenvalue weighted by molar-refractivity contribution is 6.58. The topological polar surface area (TPSA) is 56.2 Å². The average Bonchev–Trinajstić information content (AvgIpc) is 2.42. The molecule has 0 aliphatic heterocycles. The number of aromatic amines is 1. The van der Waals surface area contributed by atoms with E-state index in [0.29, 0.717) is 16.4 Å². The Morgan fingerprint density at radius 3 is 2.69 bits per heavy atom. The number of benzene rings is 1. The van der Waals surface area contributed by atoms with E-state index in [1.165, 1.54) is 18.2 Å². The molecule has 0 unspecified atom stereocenters. The molecule has 5 heteroatoms. The molecule has 0 aliphatic rings. The predicted molar refractivity (Wildman–Crippen MR) is 48.1 cm³/mol. The number of nitrogens with one attached hydrogen (secondary N) is 1. The van der Waals surface area contributed by atoms with Crippen LogP contribution in [0.1, 0.15) is 0 Å². The van der Waals surface area contributed by atoms with Gasteiger partial charge in [0, 0.05) is 17.0 Å². The predicted octanol–water partition coefficient (Wildman–Crippen LogP) is -0.0132. The Balaban J connectivity index is 2.61. The molecule has 0 aliphatic carbocycles. The number of hydrogen-bond acceptors (Lipinski definition) is 2. The molecule has 0 amide bonds. The average molecular weight is 179 g/mol. The molecule has 0 saturated carbocycles. The molecule has 3 N–H and O–H groups in total. The molecule has 2 rings (SSSR count). The van der Waals surface area contributed by atoms with Crippen molar-refractivity contribution in [1.29, 1.82) is 0 Å². The lowest BCUT2D eigenvalue weighted by Gasteiger charge is -1.97. The monoisotopic (exact) mass is 179 g/mol. The number of H-pyrrole nitrogens is 1. The van der Waals surface area contributed by atoms with Gasteiger partial charge in [-0.2, -0.15) is 4.39 Å². The van der Waals surface area contributed by atoms with Gasteiger partial charge in [-0.15, -0.1) is 0 Å². The standard InChI is InChI=1S/C8H7BFNO2/c10-8-4-5-3-6(9(12)13)1-2-7(5)11-8/h1-4,11-13H. The fourth-order valence-electron chi connectivity index (χ4n) is 1.28. The highest BCUT2D eigenvalue weighted by Crippen LogP contribution is 2.12. The minimum Gasteiger partial charge on any atom is -0.423 e. The van der Waals surface area contributed by atoms with Gasteiger partial charge in [0.2, 0.25) is 0 Å². The summed E-state index contributed by atoms with van der Waals surface area (Å²) in [5.41, 5.74) is 0.994. The minimum atomic E-state index is -1.51. The highest BCUT2D eigenvalue weighted by atomic mass is 19.1. The van der Waals surface area contributed by atoms with E-state index in [-0.39, 0.29) is 0 Å². The van der Waals surface area contributed by atoms with Crippen molar-refractivity contribution in [1.82, 2.24) is 4.98 Å². The van der Waals surface area contributed by atoms with Gasteiger partial charge in [0.1, 0.15) is 0 Å². The first kappa shape index (κ1) is 8.28. The van der Waals surface area contributed by atoms with Gasteiger partial charge in [-0.05, 0) is 11.5 Å². The lowest BCUT2D eigenvalue weighted by molar-refractivity contribution is 0.426. The Morgan fingerprint density at radius 1 is 1.23 bits per heavy atom. The third kappa shape index (κ3) is 1.43. The van der Waals surface area contributed by atoms with E-state index >= 15 is 0 Å². The van der Waals surface area contributed by atoms with Crippen LogP contribution < -0.4 is 5.46 Å². The summed E-state index contributed by atoms with van der Waals surface area (Å²) in [5, 5.41) is 18.3. The van der Waals surface area contributed by atoms with Crippen LogP contribution >= 0.6 is 0 Å². The van der Waals surface area contributed by atoms with E-state index < -0.39 is 13.1 Å². The molecule has 0 radical (unpaired) electrons. The molecule has 1 aromatic heterocycles. The summed E-state index contributed by atoms with van der Waals surface area (Å²) < 4.78 is 12.7. The SMILES string of the molecule is OB(O)c1ccc2[nH]c(F)cc2c1. The lowest BCUT2D eigenvalue weighted by Crippen LogP contribution is -2.29. The van der Waals surface area contributed by atoms with Gasteiger partial charge < -0.3 is 15.0 Å². The third-order valence-corrected chi connectivity index (χ3v) is 1.91. The van der Waals surface area contributed by atoms with Crippen LogP contribution in [0.4, 0.5) is 4.39 Å². The first-order valence-electron chi connectivity index (χ1n) is 3.81. The van der Waals surface area contributed by atoms with Crippen LogP contribution in [-0.2, 0) is 0 Å². The van der Waals surface area contributed by atoms with Crippen molar-refractivity contribution >= 4 is 23.5 Å². The Kier molecular flexibility index (Phi) is 1.83. The van der Waals surface area contributed by atoms with E-state index in [9.17, 15) is 4.39 Å². The molecule has 1 aromatic carbocycles. The molecule has 66 valence electrons. The zero-order valence-electron chi connectivity index (χ0n) is 6.66. The molecular formula is C8H7BFNO2. The van der Waals surface area contributed by atoms with Crippen LogP contribution in [0, 0.1) is 5.95 Å². The smallest absolute Gasteiger partial charge is 0.423 e. The molecule has 0 bridgehead atoms. The van der Waals surface area contributed by atoms with Crippen molar-refractivity contribution in [3.8, 4) is 0 Å². The van der Waals surface area contributed by atoms with Crippen molar-refractivity contribution in [3.63, 3.8) is 0 Å². The number of halogens is 1.